The monoisotopic (exact) mass is 295 g/mol. The van der Waals surface area contributed by atoms with Crippen LogP contribution >= 0.6 is 0 Å². The van der Waals surface area contributed by atoms with Crippen LogP contribution in [0.25, 0.3) is 0 Å². The Morgan fingerprint density at radius 1 is 1.38 bits per heavy atom. The van der Waals surface area contributed by atoms with Crippen LogP contribution < -0.4 is 15.8 Å². The van der Waals surface area contributed by atoms with Gasteiger partial charge in [0.25, 0.3) is 5.91 Å². The summed E-state index contributed by atoms with van der Waals surface area (Å²) in [7, 11) is 0. The Morgan fingerprint density at radius 3 is 2.76 bits per heavy atom. The van der Waals surface area contributed by atoms with Crippen molar-refractivity contribution in [2.24, 2.45) is 5.73 Å². The minimum atomic E-state index is -0.553. The van der Waals surface area contributed by atoms with Gasteiger partial charge in [0.1, 0.15) is 0 Å². The maximum atomic E-state index is 11.9. The van der Waals surface area contributed by atoms with Gasteiger partial charge in [-0.05, 0) is 38.4 Å². The molecule has 1 aromatic rings. The smallest absolute Gasteiger partial charge is 0.311 e. The van der Waals surface area contributed by atoms with Crippen molar-refractivity contribution in [2.75, 3.05) is 19.7 Å². The molecule has 0 aliphatic carbocycles. The lowest BCUT2D eigenvalue weighted by Gasteiger charge is -2.07. The maximum absolute atomic E-state index is 11.9. The lowest BCUT2D eigenvalue weighted by molar-refractivity contribution is -0.385. The lowest BCUT2D eigenvalue weighted by atomic mass is 10.1. The number of carbonyl (C=O) groups excluding carboxylic acids is 1. The Bertz CT molecular complexity index is 491. The van der Waals surface area contributed by atoms with Crippen molar-refractivity contribution in [3.63, 3.8) is 0 Å². The molecule has 116 valence electrons. The molecule has 0 aliphatic rings. The van der Waals surface area contributed by atoms with Gasteiger partial charge in [0, 0.05) is 18.2 Å². The summed E-state index contributed by atoms with van der Waals surface area (Å²) in [5.74, 6) is -0.157. The first-order valence-corrected chi connectivity index (χ1v) is 6.99. The third-order valence-corrected chi connectivity index (χ3v) is 2.88. The van der Waals surface area contributed by atoms with E-state index >= 15 is 0 Å². The first-order valence-electron chi connectivity index (χ1n) is 6.99. The Labute approximate surface area is 123 Å². The molecule has 7 heteroatoms. The van der Waals surface area contributed by atoms with E-state index in [1.54, 1.807) is 6.92 Å². The molecule has 0 fully saturated rings. The molecule has 0 unspecified atom stereocenters. The average molecular weight is 295 g/mol. The molecule has 0 radical (unpaired) electrons. The van der Waals surface area contributed by atoms with Crippen LogP contribution in [0.1, 0.15) is 36.5 Å². The Morgan fingerprint density at radius 2 is 2.14 bits per heavy atom. The minimum absolute atomic E-state index is 0.169. The number of nitro groups is 1. The Hall–Kier alpha value is -2.15. The summed E-state index contributed by atoms with van der Waals surface area (Å²) in [5, 5.41) is 13.7. The summed E-state index contributed by atoms with van der Waals surface area (Å²) in [6.07, 6.45) is 2.70. The van der Waals surface area contributed by atoms with Crippen LogP contribution in [0.5, 0.6) is 5.75 Å². The van der Waals surface area contributed by atoms with Crippen molar-refractivity contribution in [3.8, 4) is 5.75 Å². The van der Waals surface area contributed by atoms with Gasteiger partial charge in [0.15, 0.2) is 5.75 Å². The quantitative estimate of drug-likeness (QED) is 0.410. The molecule has 0 saturated carbocycles. The highest BCUT2D eigenvalue weighted by molar-refractivity contribution is 5.95. The molecular weight excluding hydrogens is 274 g/mol. The van der Waals surface area contributed by atoms with Gasteiger partial charge in [-0.15, -0.1) is 0 Å². The maximum Gasteiger partial charge on any atom is 0.311 e. The predicted molar refractivity (Wildman–Crippen MR) is 79.5 cm³/mol. The van der Waals surface area contributed by atoms with Crippen LogP contribution in [0.2, 0.25) is 0 Å². The molecule has 7 nitrogen and oxygen atoms in total. The van der Waals surface area contributed by atoms with Crippen molar-refractivity contribution in [1.82, 2.24) is 5.32 Å². The lowest BCUT2D eigenvalue weighted by Crippen LogP contribution is -2.24. The van der Waals surface area contributed by atoms with Crippen molar-refractivity contribution >= 4 is 11.6 Å². The van der Waals surface area contributed by atoms with Crippen molar-refractivity contribution < 1.29 is 14.5 Å². The zero-order chi connectivity index (χ0) is 15.7. The number of rotatable bonds is 9. The van der Waals surface area contributed by atoms with E-state index in [0.29, 0.717) is 19.7 Å². The highest BCUT2D eigenvalue weighted by Crippen LogP contribution is 2.27. The van der Waals surface area contributed by atoms with Crippen LogP contribution in [0.4, 0.5) is 5.69 Å². The van der Waals surface area contributed by atoms with Gasteiger partial charge < -0.3 is 15.8 Å². The van der Waals surface area contributed by atoms with E-state index in [1.165, 1.54) is 18.2 Å². The minimum Gasteiger partial charge on any atom is -0.487 e. The SMILES string of the molecule is CCOc1ccc(C(=O)NCCCCCN)cc1[N+](=O)[O-]. The fourth-order valence-electron chi connectivity index (χ4n) is 1.83. The molecule has 0 heterocycles. The third kappa shape index (κ3) is 5.39. The average Bonchev–Trinajstić information content (AvgIpc) is 2.47. The van der Waals surface area contributed by atoms with E-state index in [1.807, 2.05) is 0 Å². The zero-order valence-corrected chi connectivity index (χ0v) is 12.1. The number of unbranched alkanes of at least 4 members (excludes halogenated alkanes) is 2. The largest absolute Gasteiger partial charge is 0.487 e. The summed E-state index contributed by atoms with van der Waals surface area (Å²) in [6, 6.07) is 4.21. The van der Waals surface area contributed by atoms with E-state index < -0.39 is 4.92 Å². The first kappa shape index (κ1) is 16.9. The number of benzene rings is 1. The number of hydrogen-bond donors (Lipinski definition) is 2. The van der Waals surface area contributed by atoms with E-state index in [4.69, 9.17) is 10.5 Å². The fraction of sp³-hybridized carbons (Fsp3) is 0.500. The van der Waals surface area contributed by atoms with E-state index in [2.05, 4.69) is 5.32 Å². The van der Waals surface area contributed by atoms with Gasteiger partial charge in [-0.1, -0.05) is 6.42 Å². The molecule has 0 saturated heterocycles. The summed E-state index contributed by atoms with van der Waals surface area (Å²) in [6.45, 7) is 3.23. The second-order valence-corrected chi connectivity index (χ2v) is 4.48. The second-order valence-electron chi connectivity index (χ2n) is 4.48. The molecule has 1 aromatic carbocycles. The van der Waals surface area contributed by atoms with Crippen LogP contribution in [0, 0.1) is 10.1 Å². The van der Waals surface area contributed by atoms with Crippen LogP contribution in [0.15, 0.2) is 18.2 Å². The van der Waals surface area contributed by atoms with Crippen molar-refractivity contribution in [3.05, 3.63) is 33.9 Å². The molecule has 0 aromatic heterocycles. The van der Waals surface area contributed by atoms with Gasteiger partial charge in [-0.3, -0.25) is 14.9 Å². The molecule has 0 atom stereocenters. The van der Waals surface area contributed by atoms with Crippen LogP contribution in [-0.4, -0.2) is 30.5 Å². The Balaban J connectivity index is 2.67. The standard InChI is InChI=1S/C14H21N3O4/c1-2-21-13-7-6-11(10-12(13)17(19)20)14(18)16-9-5-3-4-8-15/h6-7,10H,2-5,8-9,15H2,1H3,(H,16,18). The van der Waals surface area contributed by atoms with Crippen LogP contribution in [0.3, 0.4) is 0 Å². The summed E-state index contributed by atoms with van der Waals surface area (Å²) >= 11 is 0. The van der Waals surface area contributed by atoms with Gasteiger partial charge in [-0.2, -0.15) is 0 Å². The number of ether oxygens (including phenoxy) is 1. The van der Waals surface area contributed by atoms with Crippen molar-refractivity contribution in [1.29, 1.82) is 0 Å². The number of nitrogens with one attached hydrogen (secondary N) is 1. The van der Waals surface area contributed by atoms with E-state index in [-0.39, 0.29) is 22.9 Å². The summed E-state index contributed by atoms with van der Waals surface area (Å²) in [4.78, 5) is 22.4. The molecular formula is C14H21N3O4. The fourth-order valence-corrected chi connectivity index (χ4v) is 1.83. The van der Waals surface area contributed by atoms with Crippen molar-refractivity contribution in [2.45, 2.75) is 26.2 Å². The second kappa shape index (κ2) is 8.91. The normalized spacial score (nSPS) is 10.2. The molecule has 1 amide bonds. The zero-order valence-electron chi connectivity index (χ0n) is 12.1. The third-order valence-electron chi connectivity index (χ3n) is 2.88. The first-order chi connectivity index (χ1) is 10.1. The van der Waals surface area contributed by atoms with Crippen LogP contribution in [-0.2, 0) is 0 Å². The molecule has 0 spiro atoms. The van der Waals surface area contributed by atoms with Gasteiger partial charge in [-0.25, -0.2) is 0 Å². The summed E-state index contributed by atoms with van der Waals surface area (Å²) < 4.78 is 5.17. The number of carbonyl (C=O) groups is 1. The number of nitrogens with zero attached hydrogens (tertiary/aromatic N) is 1. The van der Waals surface area contributed by atoms with Gasteiger partial charge >= 0.3 is 5.69 Å². The number of nitrogens with two attached hydrogens (primary N) is 1. The van der Waals surface area contributed by atoms with E-state index in [0.717, 1.165) is 19.3 Å². The summed E-state index contributed by atoms with van der Waals surface area (Å²) in [5.41, 5.74) is 5.43. The van der Waals surface area contributed by atoms with E-state index in [9.17, 15) is 14.9 Å². The number of amides is 1. The van der Waals surface area contributed by atoms with Gasteiger partial charge in [0.2, 0.25) is 0 Å². The topological polar surface area (TPSA) is 107 Å². The number of hydrogen-bond acceptors (Lipinski definition) is 5. The highest BCUT2D eigenvalue weighted by Gasteiger charge is 2.18. The Kier molecular flexibility index (Phi) is 7.17. The number of nitro benzene ring substituents is 1. The predicted octanol–water partition coefficient (Wildman–Crippen LogP) is 1.85. The molecule has 0 aliphatic heterocycles. The van der Waals surface area contributed by atoms with Gasteiger partial charge in [0.05, 0.1) is 11.5 Å². The molecule has 0 bridgehead atoms. The molecule has 3 N–H and O–H groups in total. The molecule has 21 heavy (non-hydrogen) atoms. The highest BCUT2D eigenvalue weighted by atomic mass is 16.6. The molecule has 1 rings (SSSR count).